The molecule has 0 unspecified atom stereocenters. The molecule has 3 N–H and O–H groups in total. The van der Waals surface area contributed by atoms with E-state index in [1.165, 1.54) is 16.7 Å². The fourth-order valence-electron chi connectivity index (χ4n) is 3.45. The summed E-state index contributed by atoms with van der Waals surface area (Å²) >= 11 is 6.55. The van der Waals surface area contributed by atoms with Gasteiger partial charge in [0, 0.05) is 31.6 Å². The lowest BCUT2D eigenvalue weighted by Gasteiger charge is -2.29. The molecule has 0 bridgehead atoms. The summed E-state index contributed by atoms with van der Waals surface area (Å²) in [4.78, 5) is 7.08. The molecule has 1 saturated heterocycles. The molecule has 134 valence electrons. The van der Waals surface area contributed by atoms with E-state index in [1.54, 1.807) is 0 Å². The van der Waals surface area contributed by atoms with Crippen LogP contribution >= 0.6 is 11.6 Å². The normalized spacial score (nSPS) is 14.8. The van der Waals surface area contributed by atoms with Crippen molar-refractivity contribution in [2.45, 2.75) is 6.42 Å². The van der Waals surface area contributed by atoms with Gasteiger partial charge >= 0.3 is 0 Å². The van der Waals surface area contributed by atoms with Gasteiger partial charge in [-0.2, -0.15) is 0 Å². The lowest BCUT2D eigenvalue weighted by Crippen LogP contribution is -2.44. The van der Waals surface area contributed by atoms with Crippen LogP contribution in [0.25, 0.3) is 22.0 Å². The molecule has 2 aromatic carbocycles. The molecular weight excluding hydrogens is 344 g/mol. The Hall–Kier alpha value is -2.14. The fraction of sp³-hybridized carbons (Fsp3) is 0.286. The van der Waals surface area contributed by atoms with Crippen LogP contribution in [0.2, 0.25) is 5.02 Å². The van der Waals surface area contributed by atoms with Crippen molar-refractivity contribution in [3.05, 3.63) is 59.1 Å². The van der Waals surface area contributed by atoms with E-state index in [4.69, 9.17) is 22.3 Å². The Morgan fingerprint density at radius 3 is 2.46 bits per heavy atom. The van der Waals surface area contributed by atoms with Gasteiger partial charge in [-0.1, -0.05) is 41.9 Å². The second-order valence-electron chi connectivity index (χ2n) is 6.67. The van der Waals surface area contributed by atoms with Crippen molar-refractivity contribution in [3.8, 4) is 11.1 Å². The minimum Gasteiger partial charge on any atom is -0.353 e. The van der Waals surface area contributed by atoms with Crippen LogP contribution in [0.4, 0.5) is 5.82 Å². The van der Waals surface area contributed by atoms with E-state index in [0.29, 0.717) is 6.54 Å². The van der Waals surface area contributed by atoms with Gasteiger partial charge in [-0.05, 0) is 47.9 Å². The fourth-order valence-corrected chi connectivity index (χ4v) is 3.73. The maximum atomic E-state index is 6.55. The molecule has 1 aliphatic rings. The number of aromatic nitrogens is 1. The molecule has 1 aliphatic heterocycles. The largest absolute Gasteiger partial charge is 0.353 e. The zero-order valence-electron chi connectivity index (χ0n) is 14.7. The molecule has 0 atom stereocenters. The van der Waals surface area contributed by atoms with Gasteiger partial charge in [0.25, 0.3) is 0 Å². The number of anilines is 1. The quantitative estimate of drug-likeness (QED) is 0.742. The SMILES string of the molecule is NCCc1ccc(-c2ccc3nc(N4CCNCC4)c(Cl)cc3c2)cc1. The van der Waals surface area contributed by atoms with Gasteiger partial charge in [-0.25, -0.2) is 4.98 Å². The van der Waals surface area contributed by atoms with E-state index >= 15 is 0 Å². The average molecular weight is 367 g/mol. The number of fused-ring (bicyclic) bond motifs is 1. The molecule has 0 aliphatic carbocycles. The first-order chi connectivity index (χ1) is 12.7. The highest BCUT2D eigenvalue weighted by Gasteiger charge is 2.16. The van der Waals surface area contributed by atoms with Crippen LogP contribution in [0.1, 0.15) is 5.56 Å². The van der Waals surface area contributed by atoms with Gasteiger partial charge in [0.1, 0.15) is 5.82 Å². The number of benzene rings is 2. The van der Waals surface area contributed by atoms with Crippen molar-refractivity contribution in [1.82, 2.24) is 10.3 Å². The number of nitrogens with one attached hydrogen (secondary N) is 1. The molecule has 26 heavy (non-hydrogen) atoms. The average Bonchev–Trinajstić information content (AvgIpc) is 2.68. The summed E-state index contributed by atoms with van der Waals surface area (Å²) in [6.45, 7) is 4.48. The van der Waals surface area contributed by atoms with E-state index in [9.17, 15) is 0 Å². The van der Waals surface area contributed by atoms with Crippen molar-refractivity contribution in [2.24, 2.45) is 5.73 Å². The maximum Gasteiger partial charge on any atom is 0.148 e. The molecule has 0 spiro atoms. The molecule has 2 heterocycles. The molecule has 1 fully saturated rings. The maximum absolute atomic E-state index is 6.55. The van der Waals surface area contributed by atoms with Crippen molar-refractivity contribution in [3.63, 3.8) is 0 Å². The molecule has 1 aromatic heterocycles. The minimum absolute atomic E-state index is 0.675. The summed E-state index contributed by atoms with van der Waals surface area (Å²) < 4.78 is 0. The molecular formula is C21H23ClN4. The number of nitrogens with two attached hydrogens (primary N) is 1. The highest BCUT2D eigenvalue weighted by atomic mass is 35.5. The van der Waals surface area contributed by atoms with Crippen LogP contribution in [-0.2, 0) is 6.42 Å². The predicted octanol–water partition coefficient (Wildman–Crippen LogP) is 3.47. The molecule has 0 saturated carbocycles. The predicted molar refractivity (Wildman–Crippen MR) is 110 cm³/mol. The lowest BCUT2D eigenvalue weighted by molar-refractivity contribution is 0.585. The summed E-state index contributed by atoms with van der Waals surface area (Å²) in [7, 11) is 0. The number of piperazine rings is 1. The standard InChI is InChI=1S/C21H23ClN4/c22-19-14-18-13-17(16-3-1-15(2-4-16)7-8-23)5-6-20(18)25-21(19)26-11-9-24-10-12-26/h1-6,13-14,24H,7-12,23H2. The van der Waals surface area contributed by atoms with Gasteiger partial charge in [0.2, 0.25) is 0 Å². The molecule has 5 heteroatoms. The van der Waals surface area contributed by atoms with E-state index < -0.39 is 0 Å². The number of rotatable bonds is 4. The first-order valence-corrected chi connectivity index (χ1v) is 9.48. The molecule has 4 nitrogen and oxygen atoms in total. The Balaban J connectivity index is 1.66. The first kappa shape index (κ1) is 17.3. The Labute approximate surface area is 159 Å². The topological polar surface area (TPSA) is 54.2 Å². The van der Waals surface area contributed by atoms with Gasteiger partial charge in [0.15, 0.2) is 0 Å². The Kier molecular flexibility index (Phi) is 5.07. The lowest BCUT2D eigenvalue weighted by atomic mass is 10.0. The van der Waals surface area contributed by atoms with Crippen molar-refractivity contribution < 1.29 is 0 Å². The number of nitrogens with zero attached hydrogens (tertiary/aromatic N) is 2. The summed E-state index contributed by atoms with van der Waals surface area (Å²) in [6.07, 6.45) is 0.909. The van der Waals surface area contributed by atoms with Crippen LogP contribution in [0.3, 0.4) is 0 Å². The van der Waals surface area contributed by atoms with E-state index in [2.05, 4.69) is 52.7 Å². The third-order valence-electron chi connectivity index (χ3n) is 4.89. The highest BCUT2D eigenvalue weighted by Crippen LogP contribution is 2.31. The zero-order chi connectivity index (χ0) is 17.9. The van der Waals surface area contributed by atoms with Crippen LogP contribution in [0.5, 0.6) is 0 Å². The van der Waals surface area contributed by atoms with Crippen molar-refractivity contribution in [2.75, 3.05) is 37.6 Å². The second kappa shape index (κ2) is 7.62. The Morgan fingerprint density at radius 2 is 1.73 bits per heavy atom. The molecule has 0 radical (unpaired) electrons. The molecule has 4 rings (SSSR count). The molecule has 0 amide bonds. The summed E-state index contributed by atoms with van der Waals surface area (Å²) in [6, 6.07) is 17.0. The van der Waals surface area contributed by atoms with Crippen LogP contribution in [0.15, 0.2) is 48.5 Å². The monoisotopic (exact) mass is 366 g/mol. The zero-order valence-corrected chi connectivity index (χ0v) is 15.5. The molecule has 3 aromatic rings. The van der Waals surface area contributed by atoms with Crippen molar-refractivity contribution in [1.29, 1.82) is 0 Å². The van der Waals surface area contributed by atoms with Crippen LogP contribution < -0.4 is 16.0 Å². The number of hydrogen-bond donors (Lipinski definition) is 2. The second-order valence-corrected chi connectivity index (χ2v) is 7.08. The third kappa shape index (κ3) is 3.54. The van der Waals surface area contributed by atoms with E-state index in [1.807, 2.05) is 6.07 Å². The highest BCUT2D eigenvalue weighted by molar-refractivity contribution is 6.33. The summed E-state index contributed by atoms with van der Waals surface area (Å²) in [5.74, 6) is 0.888. The summed E-state index contributed by atoms with van der Waals surface area (Å²) in [5.41, 5.74) is 10.2. The number of halogens is 1. The van der Waals surface area contributed by atoms with Gasteiger partial charge < -0.3 is 16.0 Å². The van der Waals surface area contributed by atoms with Crippen molar-refractivity contribution >= 4 is 28.3 Å². The Morgan fingerprint density at radius 1 is 1.00 bits per heavy atom. The number of hydrogen-bond acceptors (Lipinski definition) is 4. The van der Waals surface area contributed by atoms with Crippen LogP contribution in [-0.4, -0.2) is 37.7 Å². The number of pyridine rings is 1. The third-order valence-corrected chi connectivity index (χ3v) is 5.16. The Bertz CT molecular complexity index is 902. The minimum atomic E-state index is 0.675. The first-order valence-electron chi connectivity index (χ1n) is 9.10. The van der Waals surface area contributed by atoms with Gasteiger partial charge in [-0.15, -0.1) is 0 Å². The van der Waals surface area contributed by atoms with Gasteiger partial charge in [0.05, 0.1) is 10.5 Å². The summed E-state index contributed by atoms with van der Waals surface area (Å²) in [5, 5.41) is 5.14. The smallest absolute Gasteiger partial charge is 0.148 e. The van der Waals surface area contributed by atoms with Crippen LogP contribution in [0, 0.1) is 0 Å². The van der Waals surface area contributed by atoms with E-state index in [-0.39, 0.29) is 0 Å². The van der Waals surface area contributed by atoms with E-state index in [0.717, 1.165) is 54.3 Å². The van der Waals surface area contributed by atoms with Gasteiger partial charge in [-0.3, -0.25) is 0 Å².